The van der Waals surface area contributed by atoms with E-state index >= 15 is 0 Å². The second kappa shape index (κ2) is 6.11. The number of halogens is 1. The average Bonchev–Trinajstić information content (AvgIpc) is 2.14. The van der Waals surface area contributed by atoms with Gasteiger partial charge in [0.1, 0.15) is 5.82 Å². The molecule has 0 saturated heterocycles. The fourth-order valence-corrected chi connectivity index (χ4v) is 2.94. The van der Waals surface area contributed by atoms with Crippen molar-refractivity contribution in [3.05, 3.63) is 35.1 Å². The molecule has 1 unspecified atom stereocenters. The van der Waals surface area contributed by atoms with Crippen LogP contribution in [0.3, 0.4) is 0 Å². The summed E-state index contributed by atoms with van der Waals surface area (Å²) in [5.74, 6) is 1.14. The van der Waals surface area contributed by atoms with Crippen LogP contribution in [-0.2, 0) is 23.1 Å². The van der Waals surface area contributed by atoms with Gasteiger partial charge in [-0.2, -0.15) is 0 Å². The Bertz CT molecular complexity index is 379. The smallest absolute Gasteiger partial charge is 0.123 e. The molecule has 0 aliphatic rings. The summed E-state index contributed by atoms with van der Waals surface area (Å²) in [7, 11) is -0.927. The van der Waals surface area contributed by atoms with Gasteiger partial charge in [-0.05, 0) is 29.2 Å². The highest BCUT2D eigenvalue weighted by molar-refractivity contribution is 7.84. The molecule has 1 aromatic rings. The summed E-state index contributed by atoms with van der Waals surface area (Å²) in [5.41, 5.74) is 6.97. The summed E-state index contributed by atoms with van der Waals surface area (Å²) in [6, 6.07) is 4.66. The van der Waals surface area contributed by atoms with Crippen LogP contribution in [0.15, 0.2) is 18.2 Å². The van der Waals surface area contributed by atoms with Crippen LogP contribution in [0, 0.1) is 11.7 Å². The molecule has 16 heavy (non-hydrogen) atoms. The summed E-state index contributed by atoms with van der Waals surface area (Å²) in [5, 5.41) is 0. The number of benzene rings is 1. The van der Waals surface area contributed by atoms with Gasteiger partial charge in [-0.25, -0.2) is 4.39 Å². The summed E-state index contributed by atoms with van der Waals surface area (Å²) < 4.78 is 24.9. The summed E-state index contributed by atoms with van der Waals surface area (Å²) in [4.78, 5) is 0. The molecule has 0 aliphatic carbocycles. The van der Waals surface area contributed by atoms with Crippen molar-refractivity contribution in [3.63, 3.8) is 0 Å². The topological polar surface area (TPSA) is 43.1 Å². The van der Waals surface area contributed by atoms with Gasteiger partial charge in [-0.15, -0.1) is 0 Å². The van der Waals surface area contributed by atoms with E-state index in [2.05, 4.69) is 0 Å². The Balaban J connectivity index is 2.73. The lowest BCUT2D eigenvalue weighted by molar-refractivity contribution is 0.623. The van der Waals surface area contributed by atoms with Crippen molar-refractivity contribution in [2.24, 2.45) is 11.7 Å². The molecule has 0 aliphatic heterocycles. The fourth-order valence-electron chi connectivity index (χ4n) is 1.54. The molecule has 0 spiro atoms. The second-order valence-corrected chi connectivity index (χ2v) is 5.82. The van der Waals surface area contributed by atoms with Gasteiger partial charge in [0.2, 0.25) is 0 Å². The van der Waals surface area contributed by atoms with E-state index in [1.807, 2.05) is 19.9 Å². The number of hydrogen-bond donors (Lipinski definition) is 1. The van der Waals surface area contributed by atoms with E-state index in [0.29, 0.717) is 24.0 Å². The van der Waals surface area contributed by atoms with Crippen LogP contribution in [0.4, 0.5) is 4.39 Å². The summed E-state index contributed by atoms with van der Waals surface area (Å²) >= 11 is 0. The van der Waals surface area contributed by atoms with Crippen molar-refractivity contribution in [1.29, 1.82) is 0 Å². The molecule has 0 amide bonds. The lowest BCUT2D eigenvalue weighted by atomic mass is 10.1. The van der Waals surface area contributed by atoms with Crippen LogP contribution >= 0.6 is 0 Å². The lowest BCUT2D eigenvalue weighted by Crippen LogP contribution is -2.07. The van der Waals surface area contributed by atoms with Gasteiger partial charge < -0.3 is 5.73 Å². The molecular weight excluding hydrogens is 225 g/mol. The van der Waals surface area contributed by atoms with Crippen molar-refractivity contribution in [2.45, 2.75) is 26.1 Å². The van der Waals surface area contributed by atoms with Crippen molar-refractivity contribution in [3.8, 4) is 0 Å². The maximum absolute atomic E-state index is 13.2. The first kappa shape index (κ1) is 13.3. The third-order valence-corrected chi connectivity index (χ3v) is 3.79. The van der Waals surface area contributed by atoms with E-state index < -0.39 is 10.8 Å². The molecule has 2 N–H and O–H groups in total. The molecule has 0 bridgehead atoms. The second-order valence-electron chi connectivity index (χ2n) is 4.32. The van der Waals surface area contributed by atoms with Gasteiger partial charge in [-0.3, -0.25) is 4.21 Å². The zero-order valence-electron chi connectivity index (χ0n) is 9.70. The highest BCUT2D eigenvalue weighted by Gasteiger charge is 2.06. The van der Waals surface area contributed by atoms with Crippen LogP contribution in [0.1, 0.15) is 25.0 Å². The maximum Gasteiger partial charge on any atom is 0.123 e. The minimum absolute atomic E-state index is 0.306. The van der Waals surface area contributed by atoms with E-state index in [-0.39, 0.29) is 5.82 Å². The van der Waals surface area contributed by atoms with Gasteiger partial charge in [0.25, 0.3) is 0 Å². The number of nitrogens with two attached hydrogens (primary N) is 1. The molecule has 1 rings (SSSR count). The van der Waals surface area contributed by atoms with Crippen molar-refractivity contribution < 1.29 is 8.60 Å². The zero-order chi connectivity index (χ0) is 12.1. The first-order valence-electron chi connectivity index (χ1n) is 5.34. The maximum atomic E-state index is 13.2. The van der Waals surface area contributed by atoms with E-state index in [0.717, 1.165) is 11.1 Å². The molecule has 2 nitrogen and oxygen atoms in total. The molecule has 4 heteroatoms. The van der Waals surface area contributed by atoms with Gasteiger partial charge >= 0.3 is 0 Å². The van der Waals surface area contributed by atoms with E-state index in [1.165, 1.54) is 12.1 Å². The molecule has 0 radical (unpaired) electrons. The predicted octanol–water partition coefficient (Wildman–Crippen LogP) is 2.19. The molecule has 1 aromatic carbocycles. The van der Waals surface area contributed by atoms with Crippen molar-refractivity contribution in [2.75, 3.05) is 5.75 Å². The Morgan fingerprint density at radius 2 is 1.94 bits per heavy atom. The summed E-state index contributed by atoms with van der Waals surface area (Å²) in [6.45, 7) is 4.35. The minimum Gasteiger partial charge on any atom is -0.326 e. The van der Waals surface area contributed by atoms with Gasteiger partial charge in [-0.1, -0.05) is 19.9 Å². The van der Waals surface area contributed by atoms with Gasteiger partial charge in [0, 0.05) is 28.9 Å². The molecule has 0 heterocycles. The Morgan fingerprint density at radius 1 is 1.31 bits per heavy atom. The molecule has 0 saturated carbocycles. The Labute approximate surface area is 98.5 Å². The van der Waals surface area contributed by atoms with E-state index in [4.69, 9.17) is 5.73 Å². The average molecular weight is 243 g/mol. The molecular formula is C12H18FNOS. The molecule has 1 atom stereocenters. The van der Waals surface area contributed by atoms with Crippen molar-refractivity contribution in [1.82, 2.24) is 0 Å². The first-order valence-corrected chi connectivity index (χ1v) is 6.83. The van der Waals surface area contributed by atoms with Crippen LogP contribution < -0.4 is 5.73 Å². The van der Waals surface area contributed by atoms with Gasteiger partial charge in [0.05, 0.1) is 0 Å². The normalized spacial score (nSPS) is 13.1. The van der Waals surface area contributed by atoms with Crippen molar-refractivity contribution >= 4 is 10.8 Å². The van der Waals surface area contributed by atoms with E-state index in [1.54, 1.807) is 0 Å². The standard InChI is InChI=1S/C12H18FNOS/c1-9(2)7-16(15)8-11-3-10(6-14)4-12(13)5-11/h3-5,9H,6-8,14H2,1-2H3. The van der Waals surface area contributed by atoms with Gasteiger partial charge in [0.15, 0.2) is 0 Å². The highest BCUT2D eigenvalue weighted by atomic mass is 32.2. The summed E-state index contributed by atoms with van der Waals surface area (Å²) in [6.07, 6.45) is 0. The quantitative estimate of drug-likeness (QED) is 0.861. The number of hydrogen-bond acceptors (Lipinski definition) is 2. The molecule has 0 aromatic heterocycles. The zero-order valence-corrected chi connectivity index (χ0v) is 10.5. The first-order chi connectivity index (χ1) is 7.51. The van der Waals surface area contributed by atoms with Crippen LogP contribution in [0.5, 0.6) is 0 Å². The van der Waals surface area contributed by atoms with Crippen LogP contribution in [-0.4, -0.2) is 9.96 Å². The minimum atomic E-state index is -0.927. The Kier molecular flexibility index (Phi) is 5.09. The fraction of sp³-hybridized carbons (Fsp3) is 0.500. The highest BCUT2D eigenvalue weighted by Crippen LogP contribution is 2.12. The molecule has 0 fully saturated rings. The monoisotopic (exact) mass is 243 g/mol. The van der Waals surface area contributed by atoms with Crippen LogP contribution in [0.2, 0.25) is 0 Å². The Hall–Kier alpha value is -0.740. The SMILES string of the molecule is CC(C)CS(=O)Cc1cc(F)cc(CN)c1. The Morgan fingerprint density at radius 3 is 2.50 bits per heavy atom. The van der Waals surface area contributed by atoms with E-state index in [9.17, 15) is 8.60 Å². The predicted molar refractivity (Wildman–Crippen MR) is 65.8 cm³/mol. The third-order valence-electron chi connectivity index (χ3n) is 2.10. The third kappa shape index (κ3) is 4.41. The number of rotatable bonds is 5. The largest absolute Gasteiger partial charge is 0.326 e. The lowest BCUT2D eigenvalue weighted by Gasteiger charge is -2.07. The van der Waals surface area contributed by atoms with Crippen LogP contribution in [0.25, 0.3) is 0 Å². The molecule has 90 valence electrons.